The number of benzene rings is 3. The topological polar surface area (TPSA) is 121 Å². The molecule has 0 unspecified atom stereocenters. The molecule has 0 aliphatic carbocycles. The fourth-order valence-corrected chi connectivity index (χ4v) is 5.53. The van der Waals surface area contributed by atoms with Gasteiger partial charge in [0.25, 0.3) is 11.8 Å². The smallest absolute Gasteiger partial charge is 0.257 e. The van der Waals surface area contributed by atoms with Gasteiger partial charge in [-0.15, -0.1) is 0 Å². The minimum Gasteiger partial charge on any atom is -0.460 e. The lowest BCUT2D eigenvalue weighted by atomic mass is 10.0. The molecule has 0 fully saturated rings. The standard InChI is InChI=1S/C35H34ClFN4O5/c1-21-33(43)40-30(24-10-4-3-5-11-24)19-41(35(45)26-18-31(46-22(26)2)25-12-6-7-13-28(25)36)20-32(42)38-16-8-9-23-14-15-29(37)27(17-23)34(44)39-21/h3-7,10-15,17-18,21,30H,8-9,16,19-20H2,1-2H3,(H,38,42)(H,39,44)(H,40,43)/t21-,30-/m1/s1. The summed E-state index contributed by atoms with van der Waals surface area (Å²) in [6, 6.07) is 20.1. The van der Waals surface area contributed by atoms with Gasteiger partial charge in [-0.2, -0.15) is 0 Å². The van der Waals surface area contributed by atoms with E-state index in [1.807, 2.05) is 12.1 Å². The van der Waals surface area contributed by atoms with E-state index in [1.54, 1.807) is 61.5 Å². The number of hydrogen-bond acceptors (Lipinski definition) is 5. The van der Waals surface area contributed by atoms with Gasteiger partial charge in [0.05, 0.1) is 28.7 Å². The summed E-state index contributed by atoms with van der Waals surface area (Å²) in [5, 5.41) is 8.80. The zero-order chi connectivity index (χ0) is 32.8. The molecule has 4 aromatic rings. The Morgan fingerprint density at radius 3 is 2.46 bits per heavy atom. The molecule has 1 aliphatic heterocycles. The van der Waals surface area contributed by atoms with E-state index < -0.39 is 41.5 Å². The highest BCUT2D eigenvalue weighted by molar-refractivity contribution is 6.33. The number of nitrogens with one attached hydrogen (secondary N) is 3. The molecule has 11 heteroatoms. The number of amides is 4. The van der Waals surface area contributed by atoms with Crippen molar-refractivity contribution >= 4 is 35.2 Å². The van der Waals surface area contributed by atoms with Crippen LogP contribution in [0.1, 0.15) is 57.0 Å². The van der Waals surface area contributed by atoms with E-state index in [2.05, 4.69) is 16.0 Å². The predicted molar refractivity (Wildman–Crippen MR) is 172 cm³/mol. The fourth-order valence-electron chi connectivity index (χ4n) is 5.31. The predicted octanol–water partition coefficient (Wildman–Crippen LogP) is 5.23. The zero-order valence-corrected chi connectivity index (χ0v) is 26.2. The van der Waals surface area contributed by atoms with Gasteiger partial charge in [-0.05, 0) is 68.1 Å². The Morgan fingerprint density at radius 2 is 1.70 bits per heavy atom. The van der Waals surface area contributed by atoms with Crippen molar-refractivity contribution in [1.82, 2.24) is 20.9 Å². The van der Waals surface area contributed by atoms with Crippen molar-refractivity contribution in [1.29, 1.82) is 0 Å². The van der Waals surface area contributed by atoms with Crippen LogP contribution in [0.25, 0.3) is 11.3 Å². The fraction of sp³-hybridized carbons (Fsp3) is 0.257. The Balaban J connectivity index is 1.49. The number of rotatable bonds is 3. The first kappa shape index (κ1) is 32.4. The number of fused-ring (bicyclic) bond motifs is 2. The molecule has 9 nitrogen and oxygen atoms in total. The van der Waals surface area contributed by atoms with Crippen LogP contribution in [0.5, 0.6) is 0 Å². The molecule has 3 N–H and O–H groups in total. The van der Waals surface area contributed by atoms with Gasteiger partial charge >= 0.3 is 0 Å². The Hall–Kier alpha value is -4.96. The lowest BCUT2D eigenvalue weighted by molar-refractivity contribution is -0.123. The summed E-state index contributed by atoms with van der Waals surface area (Å²) in [6.07, 6.45) is 0.978. The molecule has 1 aromatic heterocycles. The van der Waals surface area contributed by atoms with Gasteiger partial charge in [0, 0.05) is 18.7 Å². The highest BCUT2D eigenvalue weighted by atomic mass is 35.5. The zero-order valence-electron chi connectivity index (χ0n) is 25.4. The SMILES string of the molecule is Cc1oc(-c2ccccc2Cl)cc1C(=O)N1CC(=O)NCCCc2ccc(F)c(c2)C(=O)N[C@H](C)C(=O)N[C@@H](c2ccccc2)C1. The number of hydrogen-bond donors (Lipinski definition) is 3. The summed E-state index contributed by atoms with van der Waals surface area (Å²) in [5.74, 6) is -2.11. The van der Waals surface area contributed by atoms with Crippen LogP contribution in [0.3, 0.4) is 0 Å². The maximum Gasteiger partial charge on any atom is 0.257 e. The third-order valence-electron chi connectivity index (χ3n) is 7.81. The maximum absolute atomic E-state index is 14.6. The van der Waals surface area contributed by atoms with Crippen molar-refractivity contribution in [3.8, 4) is 11.3 Å². The minimum atomic E-state index is -1.04. The second-order valence-electron chi connectivity index (χ2n) is 11.2. The van der Waals surface area contributed by atoms with E-state index in [1.165, 1.54) is 24.0 Å². The van der Waals surface area contributed by atoms with E-state index in [4.69, 9.17) is 16.0 Å². The normalized spacial score (nSPS) is 18.3. The van der Waals surface area contributed by atoms with E-state index in [0.29, 0.717) is 46.1 Å². The van der Waals surface area contributed by atoms with Crippen molar-refractivity contribution in [2.75, 3.05) is 19.6 Å². The summed E-state index contributed by atoms with van der Waals surface area (Å²) >= 11 is 6.38. The molecule has 2 heterocycles. The molecule has 4 amide bonds. The molecule has 0 saturated carbocycles. The molecule has 2 atom stereocenters. The number of halogens is 2. The van der Waals surface area contributed by atoms with Gasteiger partial charge in [-0.1, -0.05) is 60.1 Å². The van der Waals surface area contributed by atoms with Crippen molar-refractivity contribution in [3.05, 3.63) is 118 Å². The monoisotopic (exact) mass is 644 g/mol. The van der Waals surface area contributed by atoms with Gasteiger partial charge in [-0.25, -0.2) is 4.39 Å². The van der Waals surface area contributed by atoms with Crippen LogP contribution in [0, 0.1) is 12.7 Å². The molecule has 46 heavy (non-hydrogen) atoms. The average molecular weight is 645 g/mol. The maximum atomic E-state index is 14.6. The molecule has 5 rings (SSSR count). The highest BCUT2D eigenvalue weighted by Crippen LogP contribution is 2.32. The number of carbonyl (C=O) groups is 4. The quantitative estimate of drug-likeness (QED) is 0.282. The lowest BCUT2D eigenvalue weighted by Gasteiger charge is -2.29. The number of aryl methyl sites for hydroxylation is 2. The number of furan rings is 1. The van der Waals surface area contributed by atoms with Crippen LogP contribution in [0.15, 0.2) is 83.3 Å². The highest BCUT2D eigenvalue weighted by Gasteiger charge is 2.29. The van der Waals surface area contributed by atoms with E-state index in [9.17, 15) is 23.6 Å². The summed E-state index contributed by atoms with van der Waals surface area (Å²) in [5.41, 5.74) is 2.06. The van der Waals surface area contributed by atoms with Crippen LogP contribution in [0.2, 0.25) is 5.02 Å². The molecule has 1 aliphatic rings. The van der Waals surface area contributed by atoms with Crippen LogP contribution < -0.4 is 16.0 Å². The average Bonchev–Trinajstić information content (AvgIpc) is 3.43. The number of carbonyl (C=O) groups excluding carboxylic acids is 4. The van der Waals surface area contributed by atoms with Crippen LogP contribution >= 0.6 is 11.6 Å². The molecule has 0 spiro atoms. The van der Waals surface area contributed by atoms with Gasteiger partial charge in [0.1, 0.15) is 23.4 Å². The van der Waals surface area contributed by atoms with Crippen molar-refractivity contribution in [2.24, 2.45) is 0 Å². The third-order valence-corrected chi connectivity index (χ3v) is 8.14. The first-order valence-corrected chi connectivity index (χ1v) is 15.3. The van der Waals surface area contributed by atoms with E-state index in [-0.39, 0.29) is 30.8 Å². The van der Waals surface area contributed by atoms with Crippen molar-refractivity contribution in [2.45, 2.75) is 38.8 Å². The van der Waals surface area contributed by atoms with Crippen LogP contribution in [-0.4, -0.2) is 54.2 Å². The largest absolute Gasteiger partial charge is 0.460 e. The minimum absolute atomic E-state index is 0.0792. The van der Waals surface area contributed by atoms with Crippen molar-refractivity contribution < 1.29 is 28.0 Å². The van der Waals surface area contributed by atoms with Gasteiger partial charge < -0.3 is 25.3 Å². The van der Waals surface area contributed by atoms with E-state index >= 15 is 0 Å². The van der Waals surface area contributed by atoms with Gasteiger partial charge in [0.15, 0.2) is 0 Å². The van der Waals surface area contributed by atoms with E-state index in [0.717, 1.165) is 0 Å². The summed E-state index contributed by atoms with van der Waals surface area (Å²) in [6.45, 7) is 3.07. The first-order chi connectivity index (χ1) is 22.1. The summed E-state index contributed by atoms with van der Waals surface area (Å²) < 4.78 is 20.5. The molecular formula is C35H34ClFN4O5. The molecular weight excluding hydrogens is 611 g/mol. The Bertz CT molecular complexity index is 1760. The van der Waals surface area contributed by atoms with Gasteiger partial charge in [-0.3, -0.25) is 19.2 Å². The molecule has 2 bridgehead atoms. The lowest BCUT2D eigenvalue weighted by Crippen LogP contribution is -2.49. The first-order valence-electron chi connectivity index (χ1n) is 15.0. The van der Waals surface area contributed by atoms with Gasteiger partial charge in [0.2, 0.25) is 11.8 Å². The molecule has 0 radical (unpaired) electrons. The Labute approximate surface area is 271 Å². The van der Waals surface area contributed by atoms with Crippen LogP contribution in [-0.2, 0) is 16.0 Å². The Morgan fingerprint density at radius 1 is 0.957 bits per heavy atom. The second kappa shape index (κ2) is 14.4. The molecule has 0 saturated heterocycles. The molecule has 238 valence electrons. The van der Waals surface area contributed by atoms with Crippen molar-refractivity contribution in [3.63, 3.8) is 0 Å². The second-order valence-corrected chi connectivity index (χ2v) is 11.6. The number of nitrogens with zero attached hydrogens (tertiary/aromatic N) is 1. The summed E-state index contributed by atoms with van der Waals surface area (Å²) in [4.78, 5) is 55.1. The third kappa shape index (κ3) is 7.63. The molecule has 3 aromatic carbocycles. The Kier molecular flexibility index (Phi) is 10.2. The summed E-state index contributed by atoms with van der Waals surface area (Å²) in [7, 11) is 0. The van der Waals surface area contributed by atoms with Crippen LogP contribution in [0.4, 0.5) is 4.39 Å².